The third kappa shape index (κ3) is 3.34. The van der Waals surface area contributed by atoms with Crippen molar-refractivity contribution in [2.75, 3.05) is 31.6 Å². The molecule has 1 aliphatic rings. The number of hydrogen-bond acceptors (Lipinski definition) is 3. The summed E-state index contributed by atoms with van der Waals surface area (Å²) in [5, 5.41) is 5.78. The van der Waals surface area contributed by atoms with Gasteiger partial charge in [-0.3, -0.25) is 4.79 Å². The van der Waals surface area contributed by atoms with Crippen molar-refractivity contribution in [2.45, 2.75) is 6.04 Å². The van der Waals surface area contributed by atoms with Gasteiger partial charge in [-0.05, 0) is 24.3 Å². The van der Waals surface area contributed by atoms with Gasteiger partial charge in [-0.15, -0.1) is 12.4 Å². The van der Waals surface area contributed by atoms with E-state index >= 15 is 0 Å². The SMILES string of the molecule is CNC(=O)C1CN(c2ccc(F)cc2)CCN1.Cl. The summed E-state index contributed by atoms with van der Waals surface area (Å²) in [6.07, 6.45) is 0. The summed E-state index contributed by atoms with van der Waals surface area (Å²) in [7, 11) is 1.63. The normalized spacial score (nSPS) is 19.0. The highest BCUT2D eigenvalue weighted by Crippen LogP contribution is 2.16. The first-order valence-corrected chi connectivity index (χ1v) is 5.66. The number of benzene rings is 1. The summed E-state index contributed by atoms with van der Waals surface area (Å²) in [6.45, 7) is 2.17. The smallest absolute Gasteiger partial charge is 0.238 e. The van der Waals surface area contributed by atoms with E-state index in [4.69, 9.17) is 0 Å². The second kappa shape index (κ2) is 6.56. The predicted octanol–water partition coefficient (Wildman–Crippen LogP) is 0.772. The van der Waals surface area contributed by atoms with Crippen molar-refractivity contribution in [1.82, 2.24) is 10.6 Å². The number of hydrogen-bond donors (Lipinski definition) is 2. The van der Waals surface area contributed by atoms with Crippen molar-refractivity contribution in [2.24, 2.45) is 0 Å². The number of halogens is 2. The molecule has 1 aliphatic heterocycles. The molecule has 100 valence electrons. The van der Waals surface area contributed by atoms with Gasteiger partial charge in [0, 0.05) is 32.4 Å². The summed E-state index contributed by atoms with van der Waals surface area (Å²) in [6, 6.07) is 6.14. The lowest BCUT2D eigenvalue weighted by molar-refractivity contribution is -0.122. The minimum absolute atomic E-state index is 0. The van der Waals surface area contributed by atoms with Gasteiger partial charge in [-0.2, -0.15) is 0 Å². The van der Waals surface area contributed by atoms with Crippen molar-refractivity contribution in [1.29, 1.82) is 0 Å². The topological polar surface area (TPSA) is 44.4 Å². The molecule has 0 saturated carbocycles. The van der Waals surface area contributed by atoms with Gasteiger partial charge in [0.25, 0.3) is 0 Å². The molecule has 1 fully saturated rings. The lowest BCUT2D eigenvalue weighted by Crippen LogP contribution is -2.56. The fourth-order valence-corrected chi connectivity index (χ4v) is 1.99. The highest BCUT2D eigenvalue weighted by atomic mass is 35.5. The van der Waals surface area contributed by atoms with E-state index in [1.165, 1.54) is 12.1 Å². The summed E-state index contributed by atoms with van der Waals surface area (Å²) in [5.41, 5.74) is 0.946. The minimum atomic E-state index is -0.244. The molecule has 1 unspecified atom stereocenters. The molecule has 1 aromatic carbocycles. The first-order valence-electron chi connectivity index (χ1n) is 5.66. The van der Waals surface area contributed by atoms with Crippen molar-refractivity contribution in [3.63, 3.8) is 0 Å². The molecule has 18 heavy (non-hydrogen) atoms. The highest BCUT2D eigenvalue weighted by molar-refractivity contribution is 5.85. The zero-order valence-corrected chi connectivity index (χ0v) is 11.0. The van der Waals surface area contributed by atoms with E-state index < -0.39 is 0 Å². The van der Waals surface area contributed by atoms with Crippen LogP contribution in [-0.2, 0) is 4.79 Å². The van der Waals surface area contributed by atoms with Crippen LogP contribution in [0, 0.1) is 5.82 Å². The van der Waals surface area contributed by atoms with Crippen LogP contribution >= 0.6 is 12.4 Å². The number of nitrogens with one attached hydrogen (secondary N) is 2. The molecule has 1 amide bonds. The number of amides is 1. The standard InChI is InChI=1S/C12H16FN3O.ClH/c1-14-12(17)11-8-16(7-6-15-11)10-4-2-9(13)3-5-10;/h2-5,11,15H,6-8H2,1H3,(H,14,17);1H. The first-order chi connectivity index (χ1) is 8.20. The molecule has 6 heteroatoms. The minimum Gasteiger partial charge on any atom is -0.368 e. The highest BCUT2D eigenvalue weighted by Gasteiger charge is 2.24. The molecule has 2 rings (SSSR count). The van der Waals surface area contributed by atoms with E-state index in [1.54, 1.807) is 19.2 Å². The maximum Gasteiger partial charge on any atom is 0.238 e. The van der Waals surface area contributed by atoms with E-state index in [0.717, 1.165) is 18.8 Å². The quantitative estimate of drug-likeness (QED) is 0.837. The zero-order valence-electron chi connectivity index (χ0n) is 10.1. The number of likely N-dealkylation sites (N-methyl/N-ethyl adjacent to an activating group) is 1. The Hall–Kier alpha value is -1.33. The third-order valence-electron chi connectivity index (χ3n) is 2.93. The van der Waals surface area contributed by atoms with Crippen LogP contribution in [0.4, 0.5) is 10.1 Å². The molecule has 0 bridgehead atoms. The second-order valence-electron chi connectivity index (χ2n) is 4.04. The first kappa shape index (κ1) is 14.7. The lowest BCUT2D eigenvalue weighted by Gasteiger charge is -2.34. The molecule has 0 aromatic heterocycles. The summed E-state index contributed by atoms with van der Waals surface area (Å²) >= 11 is 0. The van der Waals surface area contributed by atoms with E-state index in [1.807, 2.05) is 0 Å². The molecule has 1 aromatic rings. The Morgan fingerprint density at radius 3 is 2.72 bits per heavy atom. The van der Waals surface area contributed by atoms with E-state index in [2.05, 4.69) is 15.5 Å². The van der Waals surface area contributed by atoms with Gasteiger partial charge in [-0.1, -0.05) is 0 Å². The molecule has 1 atom stereocenters. The van der Waals surface area contributed by atoms with Gasteiger partial charge in [0.15, 0.2) is 0 Å². The monoisotopic (exact) mass is 273 g/mol. The molecule has 0 aliphatic carbocycles. The van der Waals surface area contributed by atoms with Crippen LogP contribution in [0.15, 0.2) is 24.3 Å². The van der Waals surface area contributed by atoms with Crippen LogP contribution in [-0.4, -0.2) is 38.6 Å². The predicted molar refractivity (Wildman–Crippen MR) is 71.7 cm³/mol. The molecular formula is C12H17ClFN3O. The molecule has 1 saturated heterocycles. The molecule has 1 heterocycles. The van der Waals surface area contributed by atoms with Gasteiger partial charge in [0.2, 0.25) is 5.91 Å². The number of piperazine rings is 1. The summed E-state index contributed by atoms with van der Waals surface area (Å²) in [4.78, 5) is 13.6. The van der Waals surface area contributed by atoms with Gasteiger partial charge < -0.3 is 15.5 Å². The Labute approximate surface area is 112 Å². The van der Waals surface area contributed by atoms with Crippen molar-refractivity contribution < 1.29 is 9.18 Å². The molecule has 0 spiro atoms. The van der Waals surface area contributed by atoms with Gasteiger partial charge in [-0.25, -0.2) is 4.39 Å². The summed E-state index contributed by atoms with van der Waals surface area (Å²) in [5.74, 6) is -0.261. The maximum absolute atomic E-state index is 12.8. The molecule has 0 radical (unpaired) electrons. The van der Waals surface area contributed by atoms with Gasteiger partial charge in [0.05, 0.1) is 0 Å². The van der Waals surface area contributed by atoms with E-state index in [0.29, 0.717) is 6.54 Å². The van der Waals surface area contributed by atoms with E-state index in [-0.39, 0.29) is 30.2 Å². The lowest BCUT2D eigenvalue weighted by atomic mass is 10.1. The number of carbonyl (C=O) groups excluding carboxylic acids is 1. The number of rotatable bonds is 2. The maximum atomic E-state index is 12.8. The van der Waals surface area contributed by atoms with Crippen LogP contribution < -0.4 is 15.5 Å². The van der Waals surface area contributed by atoms with Gasteiger partial charge in [0.1, 0.15) is 11.9 Å². The Balaban J connectivity index is 0.00000162. The Morgan fingerprint density at radius 1 is 1.44 bits per heavy atom. The van der Waals surface area contributed by atoms with Crippen LogP contribution in [0.5, 0.6) is 0 Å². The number of carbonyl (C=O) groups is 1. The van der Waals surface area contributed by atoms with Crippen molar-refractivity contribution in [3.8, 4) is 0 Å². The van der Waals surface area contributed by atoms with Crippen LogP contribution in [0.3, 0.4) is 0 Å². The second-order valence-corrected chi connectivity index (χ2v) is 4.04. The average Bonchev–Trinajstić information content (AvgIpc) is 2.39. The molecule has 4 nitrogen and oxygen atoms in total. The Morgan fingerprint density at radius 2 is 2.11 bits per heavy atom. The average molecular weight is 274 g/mol. The fraction of sp³-hybridized carbons (Fsp3) is 0.417. The van der Waals surface area contributed by atoms with Crippen LogP contribution in [0.25, 0.3) is 0 Å². The van der Waals surface area contributed by atoms with Gasteiger partial charge >= 0.3 is 0 Å². The number of anilines is 1. The van der Waals surface area contributed by atoms with Crippen LogP contribution in [0.2, 0.25) is 0 Å². The van der Waals surface area contributed by atoms with E-state index in [9.17, 15) is 9.18 Å². The zero-order chi connectivity index (χ0) is 12.3. The molecule has 2 N–H and O–H groups in total. The molecular weight excluding hydrogens is 257 g/mol. The third-order valence-corrected chi connectivity index (χ3v) is 2.93. The fourth-order valence-electron chi connectivity index (χ4n) is 1.99. The number of nitrogens with zero attached hydrogens (tertiary/aromatic N) is 1. The van der Waals surface area contributed by atoms with Crippen molar-refractivity contribution in [3.05, 3.63) is 30.1 Å². The Kier molecular flexibility index (Phi) is 5.37. The summed E-state index contributed by atoms with van der Waals surface area (Å²) < 4.78 is 12.8. The van der Waals surface area contributed by atoms with Crippen LogP contribution in [0.1, 0.15) is 0 Å². The largest absolute Gasteiger partial charge is 0.368 e. The van der Waals surface area contributed by atoms with Crippen molar-refractivity contribution >= 4 is 24.0 Å². The Bertz CT molecular complexity index is 399.